The molecule has 0 N–H and O–H groups in total. The van der Waals surface area contributed by atoms with Gasteiger partial charge in [-0.25, -0.2) is 8.42 Å². The van der Waals surface area contributed by atoms with E-state index in [0.717, 1.165) is 0 Å². The van der Waals surface area contributed by atoms with E-state index in [1.54, 1.807) is 36.7 Å². The number of piperazine rings is 1. The predicted octanol–water partition coefficient (Wildman–Crippen LogP) is 0.0601. The molecule has 5 nitrogen and oxygen atoms in total. The van der Waals surface area contributed by atoms with Crippen LogP contribution in [0.1, 0.15) is 0 Å². The van der Waals surface area contributed by atoms with Crippen molar-refractivity contribution in [2.45, 2.75) is 4.90 Å². The van der Waals surface area contributed by atoms with Gasteiger partial charge < -0.3 is 4.90 Å². The Morgan fingerprint density at radius 3 is 2.12 bits per heavy atom. The molecule has 0 bridgehead atoms. The van der Waals surface area contributed by atoms with Crippen LogP contribution in [-0.2, 0) is 14.8 Å². The molecule has 1 aliphatic heterocycles. The van der Waals surface area contributed by atoms with Crippen LogP contribution in [0.4, 0.5) is 0 Å². The van der Waals surface area contributed by atoms with E-state index in [0.29, 0.717) is 31.1 Å². The third-order valence-electron chi connectivity index (χ3n) is 2.75. The molecular formula is C11H13N2O3S. The predicted molar refractivity (Wildman–Crippen MR) is 62.5 cm³/mol. The van der Waals surface area contributed by atoms with Gasteiger partial charge in [0, 0.05) is 26.2 Å². The quantitative estimate of drug-likeness (QED) is 0.765. The summed E-state index contributed by atoms with van der Waals surface area (Å²) in [6.07, 6.45) is 1.78. The van der Waals surface area contributed by atoms with Crippen molar-refractivity contribution in [3.05, 3.63) is 30.3 Å². The van der Waals surface area contributed by atoms with Crippen molar-refractivity contribution in [3.63, 3.8) is 0 Å². The van der Waals surface area contributed by atoms with Crippen molar-refractivity contribution >= 4 is 16.4 Å². The van der Waals surface area contributed by atoms with E-state index in [9.17, 15) is 13.2 Å². The van der Waals surface area contributed by atoms with Crippen LogP contribution in [0.3, 0.4) is 0 Å². The molecular weight excluding hydrogens is 240 g/mol. The molecule has 1 aromatic carbocycles. The van der Waals surface area contributed by atoms with Gasteiger partial charge in [0.2, 0.25) is 10.0 Å². The van der Waals surface area contributed by atoms with Crippen LogP contribution in [-0.4, -0.2) is 50.2 Å². The minimum Gasteiger partial charge on any atom is -0.332 e. The van der Waals surface area contributed by atoms with Gasteiger partial charge in [-0.3, -0.25) is 4.79 Å². The molecule has 6 heteroatoms. The Balaban J connectivity index is 2.16. The Kier molecular flexibility index (Phi) is 3.44. The lowest BCUT2D eigenvalue weighted by Gasteiger charge is -2.31. The number of nitrogens with zero attached hydrogens (tertiary/aromatic N) is 2. The second-order valence-electron chi connectivity index (χ2n) is 3.80. The molecule has 0 atom stereocenters. The minimum absolute atomic E-state index is 0.295. The van der Waals surface area contributed by atoms with Gasteiger partial charge >= 0.3 is 6.41 Å². The van der Waals surface area contributed by atoms with Crippen molar-refractivity contribution in [2.24, 2.45) is 0 Å². The zero-order valence-corrected chi connectivity index (χ0v) is 10.1. The lowest BCUT2D eigenvalue weighted by molar-refractivity contribution is 0.257. The summed E-state index contributed by atoms with van der Waals surface area (Å²) < 4.78 is 25.8. The van der Waals surface area contributed by atoms with Gasteiger partial charge in [0.15, 0.2) is 0 Å². The maximum Gasteiger partial charge on any atom is 0.312 e. The van der Waals surface area contributed by atoms with Gasteiger partial charge in [-0.05, 0) is 12.1 Å². The van der Waals surface area contributed by atoms with Crippen LogP contribution in [0.2, 0.25) is 0 Å². The first-order valence-corrected chi connectivity index (χ1v) is 6.76. The summed E-state index contributed by atoms with van der Waals surface area (Å²) >= 11 is 0. The molecule has 2 rings (SSSR count). The molecule has 1 saturated heterocycles. The fraction of sp³-hybridized carbons (Fsp3) is 0.364. The van der Waals surface area contributed by atoms with Crippen molar-refractivity contribution in [2.75, 3.05) is 26.2 Å². The molecule has 1 aliphatic rings. The summed E-state index contributed by atoms with van der Waals surface area (Å²) in [7, 11) is -3.42. The molecule has 0 aromatic heterocycles. The number of amides is 1. The van der Waals surface area contributed by atoms with Crippen LogP contribution in [0.25, 0.3) is 0 Å². The largest absolute Gasteiger partial charge is 0.332 e. The van der Waals surface area contributed by atoms with E-state index in [1.807, 2.05) is 0 Å². The molecule has 1 heterocycles. The molecule has 0 spiro atoms. The van der Waals surface area contributed by atoms with Crippen LogP contribution in [0.5, 0.6) is 0 Å². The van der Waals surface area contributed by atoms with E-state index < -0.39 is 10.0 Å². The summed E-state index contributed by atoms with van der Waals surface area (Å²) in [5.74, 6) is 0. The van der Waals surface area contributed by atoms with Crippen LogP contribution >= 0.6 is 0 Å². The minimum atomic E-state index is -3.42. The third-order valence-corrected chi connectivity index (χ3v) is 4.66. The summed E-state index contributed by atoms with van der Waals surface area (Å²) in [6, 6.07) is 8.32. The third kappa shape index (κ3) is 2.48. The van der Waals surface area contributed by atoms with Crippen molar-refractivity contribution in [1.82, 2.24) is 9.21 Å². The first-order valence-electron chi connectivity index (χ1n) is 5.32. The molecule has 17 heavy (non-hydrogen) atoms. The van der Waals surface area contributed by atoms with Gasteiger partial charge in [0.1, 0.15) is 0 Å². The monoisotopic (exact) mass is 253 g/mol. The molecule has 0 saturated carbocycles. The summed E-state index contributed by atoms with van der Waals surface area (Å²) in [5, 5.41) is 0. The molecule has 1 amide bonds. The maximum atomic E-state index is 12.2. The number of rotatable bonds is 3. The first-order chi connectivity index (χ1) is 8.14. The second-order valence-corrected chi connectivity index (χ2v) is 5.73. The van der Waals surface area contributed by atoms with Crippen LogP contribution < -0.4 is 0 Å². The summed E-state index contributed by atoms with van der Waals surface area (Å²) in [4.78, 5) is 12.2. The van der Waals surface area contributed by atoms with E-state index >= 15 is 0 Å². The van der Waals surface area contributed by atoms with Crippen molar-refractivity contribution in [1.29, 1.82) is 0 Å². The Labute approximate surface area is 101 Å². The summed E-state index contributed by atoms with van der Waals surface area (Å²) in [5.41, 5.74) is 0. The van der Waals surface area contributed by atoms with Crippen LogP contribution in [0.15, 0.2) is 35.2 Å². The molecule has 1 radical (unpaired) electrons. The van der Waals surface area contributed by atoms with Crippen molar-refractivity contribution < 1.29 is 13.2 Å². The molecule has 0 unspecified atom stereocenters. The lowest BCUT2D eigenvalue weighted by Crippen LogP contribution is -2.47. The van der Waals surface area contributed by atoms with Gasteiger partial charge in [-0.2, -0.15) is 4.31 Å². The highest BCUT2D eigenvalue weighted by Gasteiger charge is 2.27. The highest BCUT2D eigenvalue weighted by Crippen LogP contribution is 2.16. The van der Waals surface area contributed by atoms with Gasteiger partial charge in [-0.1, -0.05) is 18.2 Å². The number of sulfonamides is 1. The highest BCUT2D eigenvalue weighted by atomic mass is 32.2. The zero-order chi connectivity index (χ0) is 12.3. The van der Waals surface area contributed by atoms with Crippen LogP contribution in [0, 0.1) is 0 Å². The van der Waals surface area contributed by atoms with Gasteiger partial charge in [0.25, 0.3) is 0 Å². The smallest absolute Gasteiger partial charge is 0.312 e. The van der Waals surface area contributed by atoms with Crippen molar-refractivity contribution in [3.8, 4) is 0 Å². The Morgan fingerprint density at radius 1 is 1.00 bits per heavy atom. The van der Waals surface area contributed by atoms with E-state index in [1.165, 1.54) is 9.21 Å². The van der Waals surface area contributed by atoms with E-state index in [-0.39, 0.29) is 0 Å². The first kappa shape index (κ1) is 12.1. The molecule has 1 fully saturated rings. The van der Waals surface area contributed by atoms with E-state index in [4.69, 9.17) is 0 Å². The topological polar surface area (TPSA) is 57.7 Å². The zero-order valence-electron chi connectivity index (χ0n) is 9.24. The Morgan fingerprint density at radius 2 is 1.59 bits per heavy atom. The lowest BCUT2D eigenvalue weighted by atomic mass is 10.4. The SMILES string of the molecule is O=[C]N1CCN(S(=O)(=O)c2ccccc2)CC1. The normalized spacial score (nSPS) is 18.0. The number of hydrogen-bond acceptors (Lipinski definition) is 3. The second kappa shape index (κ2) is 4.85. The Hall–Kier alpha value is -1.40. The van der Waals surface area contributed by atoms with E-state index in [2.05, 4.69) is 0 Å². The molecule has 1 aromatic rings. The molecule has 91 valence electrons. The van der Waals surface area contributed by atoms with Gasteiger partial charge in [0.05, 0.1) is 4.90 Å². The fourth-order valence-electron chi connectivity index (χ4n) is 1.76. The summed E-state index contributed by atoms with van der Waals surface area (Å²) in [6.45, 7) is 1.45. The number of carbonyl (C=O) groups excluding carboxylic acids is 1. The Bertz CT molecular complexity index is 479. The standard InChI is InChI=1S/C11H13N2O3S/c14-10-12-6-8-13(9-7-12)17(15,16)11-4-2-1-3-5-11/h1-5H,6-9H2. The maximum absolute atomic E-state index is 12.2. The number of benzene rings is 1. The molecule has 0 aliphatic carbocycles. The average molecular weight is 253 g/mol. The van der Waals surface area contributed by atoms with Gasteiger partial charge in [-0.15, -0.1) is 0 Å². The fourth-order valence-corrected chi connectivity index (χ4v) is 3.20. The average Bonchev–Trinajstić information content (AvgIpc) is 2.40. The highest BCUT2D eigenvalue weighted by molar-refractivity contribution is 7.89. The number of hydrogen-bond donors (Lipinski definition) is 0.